The minimum atomic E-state index is -0.681. The van der Waals surface area contributed by atoms with Gasteiger partial charge in [0.25, 0.3) is 6.47 Å². The zero-order valence-corrected chi connectivity index (χ0v) is 13.3. The maximum absolute atomic E-state index is 12.5. The smallest absolute Gasteiger partial charge is 0.307 e. The predicted molar refractivity (Wildman–Crippen MR) is 80.5 cm³/mol. The van der Waals surface area contributed by atoms with Crippen LogP contribution in [0, 0.1) is 29.4 Å². The lowest BCUT2D eigenvalue weighted by atomic mass is 10.1. The van der Waals surface area contributed by atoms with Gasteiger partial charge < -0.3 is 9.84 Å². The van der Waals surface area contributed by atoms with Crippen LogP contribution in [-0.4, -0.2) is 17.5 Å². The van der Waals surface area contributed by atoms with Crippen molar-refractivity contribution in [3.8, 4) is 0 Å². The average Bonchev–Trinajstić information content (AvgIpc) is 3.13. The number of ether oxygens (including phenoxy) is 1. The third kappa shape index (κ3) is 6.34. The van der Waals surface area contributed by atoms with Gasteiger partial charge in [0, 0.05) is 6.07 Å². The van der Waals surface area contributed by atoms with Crippen molar-refractivity contribution in [3.05, 3.63) is 35.4 Å². The van der Waals surface area contributed by atoms with Gasteiger partial charge in [0.05, 0.1) is 5.92 Å². The molecule has 1 N–H and O–H groups in total. The highest BCUT2D eigenvalue weighted by Crippen LogP contribution is 2.49. The summed E-state index contributed by atoms with van der Waals surface area (Å²) in [5, 5.41) is 8.69. The van der Waals surface area contributed by atoms with Gasteiger partial charge in [0.15, 0.2) is 0 Å². The van der Waals surface area contributed by atoms with E-state index in [2.05, 4.69) is 11.7 Å². The van der Waals surface area contributed by atoms with Crippen molar-refractivity contribution in [1.29, 1.82) is 0 Å². The first-order valence-electron chi connectivity index (χ1n) is 7.63. The minimum absolute atomic E-state index is 0.0263. The molecule has 6 heteroatoms. The molecule has 0 aliphatic heterocycles. The third-order valence-electron chi connectivity index (χ3n) is 3.98. The standard InChI is InChI=1S/C9H16O2.C8H6F2O2/c1-3-4-5-7-6(2)8(7)9(10)11;9-7-1-6(4-12-5-11)2-8(10)3-7/h6-8H,3-5H2,1-2H3,(H,10,11);1-3,5H,4H2. The van der Waals surface area contributed by atoms with Crippen molar-refractivity contribution in [1.82, 2.24) is 0 Å². The number of unbranched alkanes of at least 4 members (excludes halogenated alkanes) is 1. The Kier molecular flexibility index (Phi) is 7.65. The Labute approximate surface area is 134 Å². The summed E-state index contributed by atoms with van der Waals surface area (Å²) in [5.41, 5.74) is 0.291. The summed E-state index contributed by atoms with van der Waals surface area (Å²) in [6, 6.07) is 2.96. The number of benzene rings is 1. The molecule has 23 heavy (non-hydrogen) atoms. The summed E-state index contributed by atoms with van der Waals surface area (Å²) >= 11 is 0. The SMILES string of the molecule is CCCCC1C(C)C1C(=O)O.O=COCc1cc(F)cc(F)c1. The second kappa shape index (κ2) is 9.22. The van der Waals surface area contributed by atoms with E-state index in [1.807, 2.05) is 6.92 Å². The van der Waals surface area contributed by atoms with Crippen LogP contribution in [0.5, 0.6) is 0 Å². The number of halogens is 2. The van der Waals surface area contributed by atoms with Crippen LogP contribution in [-0.2, 0) is 20.9 Å². The molecule has 3 unspecified atom stereocenters. The molecule has 1 saturated carbocycles. The van der Waals surface area contributed by atoms with E-state index in [-0.39, 0.29) is 19.0 Å². The lowest BCUT2D eigenvalue weighted by molar-refractivity contribution is -0.139. The molecule has 1 aliphatic rings. The number of aliphatic carboxylic acids is 1. The highest BCUT2D eigenvalue weighted by molar-refractivity contribution is 5.74. The topological polar surface area (TPSA) is 63.6 Å². The molecule has 4 nitrogen and oxygen atoms in total. The number of carboxylic acid groups (broad SMARTS) is 1. The van der Waals surface area contributed by atoms with Crippen LogP contribution in [0.4, 0.5) is 8.78 Å². The molecule has 1 fully saturated rings. The molecule has 0 amide bonds. The van der Waals surface area contributed by atoms with Gasteiger partial charge in [0.2, 0.25) is 0 Å². The quantitative estimate of drug-likeness (QED) is 0.774. The maximum atomic E-state index is 12.5. The lowest BCUT2D eigenvalue weighted by Crippen LogP contribution is -1.99. The van der Waals surface area contributed by atoms with Gasteiger partial charge in [-0.2, -0.15) is 0 Å². The first-order chi connectivity index (χ1) is 10.9. The van der Waals surface area contributed by atoms with Crippen LogP contribution >= 0.6 is 0 Å². The molecule has 0 radical (unpaired) electrons. The lowest BCUT2D eigenvalue weighted by Gasteiger charge is -1.99. The molecule has 2 rings (SSSR count). The van der Waals surface area contributed by atoms with E-state index >= 15 is 0 Å². The Morgan fingerprint density at radius 2 is 1.91 bits per heavy atom. The van der Waals surface area contributed by atoms with Gasteiger partial charge in [0.1, 0.15) is 18.2 Å². The van der Waals surface area contributed by atoms with Gasteiger partial charge >= 0.3 is 5.97 Å². The molecule has 0 saturated heterocycles. The summed E-state index contributed by atoms with van der Waals surface area (Å²) in [6.07, 6.45) is 3.46. The third-order valence-corrected chi connectivity index (χ3v) is 3.98. The number of carboxylic acids is 1. The summed E-state index contributed by atoms with van der Waals surface area (Å²) in [6.45, 7) is 4.29. The number of carbonyl (C=O) groups excluding carboxylic acids is 1. The molecular weight excluding hydrogens is 306 g/mol. The van der Waals surface area contributed by atoms with Crippen LogP contribution in [0.25, 0.3) is 0 Å². The van der Waals surface area contributed by atoms with Crippen LogP contribution in [0.2, 0.25) is 0 Å². The van der Waals surface area contributed by atoms with Crippen molar-refractivity contribution >= 4 is 12.4 Å². The molecule has 1 aromatic carbocycles. The van der Waals surface area contributed by atoms with E-state index < -0.39 is 17.6 Å². The highest BCUT2D eigenvalue weighted by Gasteiger charge is 2.50. The molecule has 0 aromatic heterocycles. The molecule has 0 spiro atoms. The van der Waals surface area contributed by atoms with Crippen LogP contribution in [0.1, 0.15) is 38.7 Å². The van der Waals surface area contributed by atoms with Crippen molar-refractivity contribution in [3.63, 3.8) is 0 Å². The highest BCUT2D eigenvalue weighted by atomic mass is 19.1. The average molecular weight is 328 g/mol. The van der Waals surface area contributed by atoms with Crippen molar-refractivity contribution in [2.45, 2.75) is 39.7 Å². The van der Waals surface area contributed by atoms with E-state index in [0.717, 1.165) is 24.6 Å². The first-order valence-corrected chi connectivity index (χ1v) is 7.63. The summed E-state index contributed by atoms with van der Waals surface area (Å²) in [7, 11) is 0. The fraction of sp³-hybridized carbons (Fsp3) is 0.529. The normalized spacial score (nSPS) is 21.8. The van der Waals surface area contributed by atoms with Crippen molar-refractivity contribution < 1.29 is 28.2 Å². The molecule has 0 bridgehead atoms. The molecule has 1 aromatic rings. The van der Waals surface area contributed by atoms with Crippen LogP contribution in [0.3, 0.4) is 0 Å². The van der Waals surface area contributed by atoms with E-state index in [4.69, 9.17) is 5.11 Å². The number of rotatable bonds is 7. The molecule has 0 heterocycles. The Bertz CT molecular complexity index is 513. The Morgan fingerprint density at radius 1 is 1.30 bits per heavy atom. The fourth-order valence-corrected chi connectivity index (χ4v) is 2.66. The first kappa shape index (κ1) is 19.1. The number of hydrogen-bond donors (Lipinski definition) is 1. The number of carbonyl (C=O) groups is 2. The summed E-state index contributed by atoms with van der Waals surface area (Å²) in [4.78, 5) is 20.3. The number of hydrogen-bond acceptors (Lipinski definition) is 3. The second-order valence-electron chi connectivity index (χ2n) is 5.71. The van der Waals surface area contributed by atoms with Crippen LogP contribution in [0.15, 0.2) is 18.2 Å². The monoisotopic (exact) mass is 328 g/mol. The van der Waals surface area contributed by atoms with Gasteiger partial charge in [-0.25, -0.2) is 8.78 Å². The van der Waals surface area contributed by atoms with Crippen LogP contribution < -0.4 is 0 Å². The Hall–Kier alpha value is -1.98. The predicted octanol–water partition coefficient (Wildman–Crippen LogP) is 3.78. The minimum Gasteiger partial charge on any atom is -0.481 e. The van der Waals surface area contributed by atoms with E-state index in [9.17, 15) is 18.4 Å². The van der Waals surface area contributed by atoms with Crippen molar-refractivity contribution in [2.75, 3.05) is 0 Å². The van der Waals surface area contributed by atoms with E-state index in [1.165, 1.54) is 12.8 Å². The molecule has 1 aliphatic carbocycles. The van der Waals surface area contributed by atoms with E-state index in [0.29, 0.717) is 17.4 Å². The molecule has 128 valence electrons. The Balaban J connectivity index is 0.000000231. The molecule has 3 atom stereocenters. The zero-order chi connectivity index (χ0) is 17.4. The maximum Gasteiger partial charge on any atom is 0.307 e. The van der Waals surface area contributed by atoms with E-state index in [1.54, 1.807) is 0 Å². The fourth-order valence-electron chi connectivity index (χ4n) is 2.66. The largest absolute Gasteiger partial charge is 0.481 e. The van der Waals surface area contributed by atoms with Gasteiger partial charge in [-0.1, -0.05) is 26.7 Å². The zero-order valence-electron chi connectivity index (χ0n) is 13.3. The summed E-state index contributed by atoms with van der Waals surface area (Å²) < 4.78 is 29.3. The second-order valence-corrected chi connectivity index (χ2v) is 5.71. The summed E-state index contributed by atoms with van der Waals surface area (Å²) in [5.74, 6) is -1.08. The Morgan fingerprint density at radius 3 is 2.35 bits per heavy atom. The van der Waals surface area contributed by atoms with Gasteiger partial charge in [-0.05, 0) is 36.0 Å². The molecular formula is C17H22F2O4. The van der Waals surface area contributed by atoms with Crippen molar-refractivity contribution in [2.24, 2.45) is 17.8 Å². The van der Waals surface area contributed by atoms with Gasteiger partial charge in [-0.3, -0.25) is 9.59 Å². The van der Waals surface area contributed by atoms with Gasteiger partial charge in [-0.15, -0.1) is 0 Å².